The Hall–Kier alpha value is -0.570. The predicted molar refractivity (Wildman–Crippen MR) is 60.0 cm³/mol. The molecule has 0 fully saturated rings. The highest BCUT2D eigenvalue weighted by molar-refractivity contribution is 5.76. The molecule has 84 valence electrons. The molecule has 3 N–H and O–H groups in total. The van der Waals surface area contributed by atoms with Crippen molar-refractivity contribution in [2.45, 2.75) is 46.0 Å². The molecule has 0 aromatic carbocycles. The Morgan fingerprint density at radius 3 is 2.50 bits per heavy atom. The molecule has 0 aliphatic heterocycles. The maximum atomic E-state index is 10.7. The van der Waals surface area contributed by atoms with Crippen molar-refractivity contribution in [2.75, 3.05) is 13.1 Å². The van der Waals surface area contributed by atoms with Gasteiger partial charge in [0.2, 0.25) is 5.91 Å². The second-order valence-electron chi connectivity index (χ2n) is 3.92. The number of amides is 1. The van der Waals surface area contributed by atoms with Crippen LogP contribution in [0.5, 0.6) is 0 Å². The number of primary amides is 1. The Morgan fingerprint density at radius 2 is 1.93 bits per heavy atom. The Labute approximate surface area is 87.4 Å². The molecule has 14 heavy (non-hydrogen) atoms. The van der Waals surface area contributed by atoms with Crippen molar-refractivity contribution in [3.05, 3.63) is 0 Å². The van der Waals surface area contributed by atoms with Crippen molar-refractivity contribution in [1.29, 1.82) is 0 Å². The molecule has 0 bridgehead atoms. The van der Waals surface area contributed by atoms with E-state index in [1.807, 2.05) is 6.92 Å². The molecule has 0 aromatic heterocycles. The third kappa shape index (κ3) is 8.05. The molecule has 3 nitrogen and oxygen atoms in total. The normalized spacial score (nSPS) is 12.7. The molecule has 1 unspecified atom stereocenters. The molecule has 1 atom stereocenters. The molecule has 3 heteroatoms. The summed E-state index contributed by atoms with van der Waals surface area (Å²) in [5.41, 5.74) is 5.14. The third-order valence-electron chi connectivity index (χ3n) is 2.39. The van der Waals surface area contributed by atoms with Crippen LogP contribution in [0.25, 0.3) is 0 Å². The molecule has 0 saturated heterocycles. The van der Waals surface area contributed by atoms with Crippen LogP contribution in [-0.4, -0.2) is 19.0 Å². The van der Waals surface area contributed by atoms with Crippen molar-refractivity contribution in [1.82, 2.24) is 5.32 Å². The van der Waals surface area contributed by atoms with Crippen molar-refractivity contribution in [3.8, 4) is 0 Å². The van der Waals surface area contributed by atoms with Gasteiger partial charge in [0.25, 0.3) is 0 Å². The van der Waals surface area contributed by atoms with Crippen LogP contribution in [0.3, 0.4) is 0 Å². The minimum atomic E-state index is -0.219. The zero-order chi connectivity index (χ0) is 10.8. The Balaban J connectivity index is 3.09. The first-order chi connectivity index (χ1) is 6.68. The van der Waals surface area contributed by atoms with Gasteiger partial charge in [0, 0.05) is 12.5 Å². The minimum Gasteiger partial charge on any atom is -0.369 e. The fraction of sp³-hybridized carbons (Fsp3) is 0.909. The lowest BCUT2D eigenvalue weighted by molar-refractivity contribution is -0.121. The molecule has 0 spiro atoms. The zero-order valence-electron chi connectivity index (χ0n) is 9.51. The summed E-state index contributed by atoms with van der Waals surface area (Å²) in [7, 11) is 0. The molecule has 1 amide bonds. The lowest BCUT2D eigenvalue weighted by atomic mass is 10.1. The van der Waals surface area contributed by atoms with E-state index < -0.39 is 0 Å². The second-order valence-corrected chi connectivity index (χ2v) is 3.92. The molecule has 0 aliphatic rings. The number of unbranched alkanes of at least 4 members (excludes halogenated alkanes) is 4. The largest absolute Gasteiger partial charge is 0.369 e. The van der Waals surface area contributed by atoms with Gasteiger partial charge >= 0.3 is 0 Å². The van der Waals surface area contributed by atoms with E-state index in [0.717, 1.165) is 6.54 Å². The van der Waals surface area contributed by atoms with Gasteiger partial charge in [0.15, 0.2) is 0 Å². The van der Waals surface area contributed by atoms with Crippen molar-refractivity contribution in [2.24, 2.45) is 11.7 Å². The van der Waals surface area contributed by atoms with Gasteiger partial charge in [-0.25, -0.2) is 0 Å². The quantitative estimate of drug-likeness (QED) is 0.556. The van der Waals surface area contributed by atoms with Gasteiger partial charge < -0.3 is 11.1 Å². The van der Waals surface area contributed by atoms with E-state index in [-0.39, 0.29) is 11.8 Å². The summed E-state index contributed by atoms with van der Waals surface area (Å²) < 4.78 is 0. The first kappa shape index (κ1) is 13.4. The molecule has 0 saturated carbocycles. The highest BCUT2D eigenvalue weighted by Gasteiger charge is 2.06. The molecular formula is C11H24N2O. The van der Waals surface area contributed by atoms with Gasteiger partial charge in [0.1, 0.15) is 0 Å². The van der Waals surface area contributed by atoms with Crippen LogP contribution in [0.2, 0.25) is 0 Å². The van der Waals surface area contributed by atoms with Crippen molar-refractivity contribution < 1.29 is 4.79 Å². The van der Waals surface area contributed by atoms with E-state index in [1.54, 1.807) is 0 Å². The van der Waals surface area contributed by atoms with E-state index >= 15 is 0 Å². The molecule has 0 radical (unpaired) electrons. The van der Waals surface area contributed by atoms with Gasteiger partial charge in [0.05, 0.1) is 0 Å². The topological polar surface area (TPSA) is 55.1 Å². The van der Waals surface area contributed by atoms with Crippen LogP contribution in [-0.2, 0) is 4.79 Å². The summed E-state index contributed by atoms with van der Waals surface area (Å²) >= 11 is 0. The van der Waals surface area contributed by atoms with Crippen LogP contribution in [0.1, 0.15) is 46.0 Å². The standard InChI is InChI=1S/C11H24N2O/c1-3-4-5-6-7-8-13-9-10(2)11(12)14/h10,13H,3-9H2,1-2H3,(H2,12,14). The van der Waals surface area contributed by atoms with E-state index in [2.05, 4.69) is 12.2 Å². The number of hydrogen-bond donors (Lipinski definition) is 2. The molecule has 0 heterocycles. The first-order valence-corrected chi connectivity index (χ1v) is 5.68. The van der Waals surface area contributed by atoms with E-state index in [1.165, 1.54) is 32.1 Å². The Morgan fingerprint density at radius 1 is 1.29 bits per heavy atom. The minimum absolute atomic E-state index is 0.0503. The van der Waals surface area contributed by atoms with Gasteiger partial charge in [-0.1, -0.05) is 39.5 Å². The Bertz CT molecular complexity index is 148. The molecule has 0 aliphatic carbocycles. The maximum Gasteiger partial charge on any atom is 0.221 e. The summed E-state index contributed by atoms with van der Waals surface area (Å²) in [6, 6.07) is 0. The summed E-state index contributed by atoms with van der Waals surface area (Å²) in [5, 5.41) is 3.24. The lowest BCUT2D eigenvalue weighted by Crippen LogP contribution is -2.31. The molecule has 0 aromatic rings. The van der Waals surface area contributed by atoms with E-state index in [9.17, 15) is 4.79 Å². The Kier molecular flexibility index (Phi) is 8.64. The van der Waals surface area contributed by atoms with Crippen molar-refractivity contribution in [3.63, 3.8) is 0 Å². The number of rotatable bonds is 9. The van der Waals surface area contributed by atoms with Crippen LogP contribution in [0.15, 0.2) is 0 Å². The average molecular weight is 200 g/mol. The van der Waals surface area contributed by atoms with E-state index in [4.69, 9.17) is 5.73 Å². The number of nitrogens with one attached hydrogen (secondary N) is 1. The SMILES string of the molecule is CCCCCCCNCC(C)C(N)=O. The summed E-state index contributed by atoms with van der Waals surface area (Å²) in [5.74, 6) is -0.269. The van der Waals surface area contributed by atoms with Gasteiger partial charge in [-0.3, -0.25) is 4.79 Å². The molecular weight excluding hydrogens is 176 g/mol. The fourth-order valence-corrected chi connectivity index (χ4v) is 1.27. The first-order valence-electron chi connectivity index (χ1n) is 5.68. The number of nitrogens with two attached hydrogens (primary N) is 1. The zero-order valence-corrected chi connectivity index (χ0v) is 9.51. The smallest absolute Gasteiger partial charge is 0.221 e. The highest BCUT2D eigenvalue weighted by Crippen LogP contribution is 2.01. The molecule has 0 rings (SSSR count). The maximum absolute atomic E-state index is 10.7. The van der Waals surface area contributed by atoms with Crippen LogP contribution < -0.4 is 11.1 Å². The summed E-state index contributed by atoms with van der Waals surface area (Å²) in [6.07, 6.45) is 6.42. The highest BCUT2D eigenvalue weighted by atomic mass is 16.1. The van der Waals surface area contributed by atoms with Gasteiger partial charge in [-0.05, 0) is 13.0 Å². The number of hydrogen-bond acceptors (Lipinski definition) is 2. The van der Waals surface area contributed by atoms with Gasteiger partial charge in [-0.15, -0.1) is 0 Å². The predicted octanol–water partition coefficient (Wildman–Crippen LogP) is 1.67. The fourth-order valence-electron chi connectivity index (χ4n) is 1.27. The van der Waals surface area contributed by atoms with Gasteiger partial charge in [-0.2, -0.15) is 0 Å². The van der Waals surface area contributed by atoms with Crippen LogP contribution >= 0.6 is 0 Å². The van der Waals surface area contributed by atoms with Crippen LogP contribution in [0, 0.1) is 5.92 Å². The third-order valence-corrected chi connectivity index (χ3v) is 2.39. The number of carbonyl (C=O) groups excluding carboxylic acids is 1. The monoisotopic (exact) mass is 200 g/mol. The lowest BCUT2D eigenvalue weighted by Gasteiger charge is -2.08. The summed E-state index contributed by atoms with van der Waals surface area (Å²) in [6.45, 7) is 5.78. The average Bonchev–Trinajstić information content (AvgIpc) is 2.16. The van der Waals surface area contributed by atoms with E-state index in [0.29, 0.717) is 6.54 Å². The summed E-state index contributed by atoms with van der Waals surface area (Å²) in [4.78, 5) is 10.7. The number of carbonyl (C=O) groups is 1. The van der Waals surface area contributed by atoms with Crippen LogP contribution in [0.4, 0.5) is 0 Å². The second kappa shape index (κ2) is 9.00. The van der Waals surface area contributed by atoms with Crippen molar-refractivity contribution >= 4 is 5.91 Å².